The summed E-state index contributed by atoms with van der Waals surface area (Å²) in [4.78, 5) is 67.3. The second-order valence-corrected chi connectivity index (χ2v) is 31.5. The average molecular weight is 1370 g/mol. The summed E-state index contributed by atoms with van der Waals surface area (Å²) in [6, 6.07) is 0.409. The van der Waals surface area contributed by atoms with E-state index in [0.29, 0.717) is 30.0 Å². The van der Waals surface area contributed by atoms with Crippen LogP contribution in [-0.4, -0.2) is 235 Å². The number of amides is 2. The molecule has 3 saturated heterocycles. The van der Waals surface area contributed by atoms with E-state index in [9.17, 15) is 75.0 Å². The van der Waals surface area contributed by atoms with Crippen LogP contribution < -0.4 is 21.3 Å². The van der Waals surface area contributed by atoms with E-state index in [-0.39, 0.29) is 103 Å². The molecule has 540 valence electrons. The molecule has 4 aliphatic heterocycles. The molecule has 4 heterocycles. The predicted molar refractivity (Wildman–Crippen MR) is 348 cm³/mol. The number of phenolic OH excluding ortho intramolecular Hbond substituents is 1. The number of aliphatic hydroxyl groups is 9. The van der Waals surface area contributed by atoms with Crippen molar-refractivity contribution < 1.29 is 108 Å². The molecule has 2 amide bonds. The molecule has 27 nitrogen and oxygen atoms in total. The number of hydrogen-bond acceptors (Lipinski definition) is 25. The number of ether oxygens (including phenoxy) is 7. The molecule has 27 heteroatoms. The Hall–Kier alpha value is -5.21. The van der Waals surface area contributed by atoms with Crippen LogP contribution in [0.25, 0.3) is 5.76 Å². The predicted octanol–water partition coefficient (Wildman–Crippen LogP) is 2.57. The van der Waals surface area contributed by atoms with Crippen LogP contribution in [0.15, 0.2) is 34.6 Å². The van der Waals surface area contributed by atoms with Crippen LogP contribution in [0.4, 0.5) is 11.4 Å². The Kier molecular flexibility index (Phi) is 20.3. The molecule has 0 unspecified atom stereocenters. The van der Waals surface area contributed by atoms with Gasteiger partial charge in [-0.2, -0.15) is 0 Å². The zero-order valence-electron chi connectivity index (χ0n) is 57.7. The molecule has 0 spiro atoms. The molecule has 97 heavy (non-hydrogen) atoms. The number of Topliss-reactive ketones (excluding diaryl/α,β-unsaturated/α-hetero) is 2. The van der Waals surface area contributed by atoms with Crippen LogP contribution in [0.3, 0.4) is 0 Å². The number of aliphatic hydroxyl groups excluding tert-OH is 7. The number of primary amides is 1. The van der Waals surface area contributed by atoms with Crippen molar-refractivity contribution in [3.8, 4) is 5.75 Å². The molecule has 12 rings (SSSR count). The first-order chi connectivity index (χ1) is 45.3. The van der Waals surface area contributed by atoms with Gasteiger partial charge in [0.2, 0.25) is 11.7 Å². The first kappa shape index (κ1) is 73.0. The minimum absolute atomic E-state index is 0.00158. The fourth-order valence-electron chi connectivity index (χ4n) is 19.1. The average Bonchev–Trinajstić information content (AvgIpc) is 1.67. The highest BCUT2D eigenvalue weighted by molar-refractivity contribution is 6.24. The Morgan fingerprint density at radius 2 is 1.36 bits per heavy atom. The summed E-state index contributed by atoms with van der Waals surface area (Å²) in [6.45, 7) is 15.5. The van der Waals surface area contributed by atoms with Gasteiger partial charge < -0.3 is 105 Å². The molecular weight excluding hydrogens is 1260 g/mol. The van der Waals surface area contributed by atoms with Gasteiger partial charge in [-0.15, -0.1) is 0 Å². The number of carbonyl (C=O) groups is 5. The quantitative estimate of drug-likeness (QED) is 0.0584. The third-order valence-corrected chi connectivity index (χ3v) is 24.2. The van der Waals surface area contributed by atoms with Gasteiger partial charge >= 0.3 is 5.97 Å². The van der Waals surface area contributed by atoms with Gasteiger partial charge in [-0.25, -0.2) is 4.79 Å². The zero-order chi connectivity index (χ0) is 70.8. The largest absolute Gasteiger partial charge is 0.508 e. The van der Waals surface area contributed by atoms with Crippen molar-refractivity contribution in [2.45, 2.75) is 248 Å². The van der Waals surface area contributed by atoms with E-state index < -0.39 is 161 Å². The Morgan fingerprint density at radius 1 is 0.753 bits per heavy atom. The third kappa shape index (κ3) is 12.9. The minimum Gasteiger partial charge on any atom is -0.508 e. The third-order valence-electron chi connectivity index (χ3n) is 24.2. The maximum absolute atomic E-state index is 14.0. The Balaban J connectivity index is 0.000000205. The van der Waals surface area contributed by atoms with Gasteiger partial charge in [-0.3, -0.25) is 24.1 Å². The number of hydrogen-bond donors (Lipinski definition) is 13. The fraction of sp³-hybridized carbons (Fsp3) is 0.757. The number of carbonyl (C=O) groups excluding carboxylic acids is 5. The topological polar surface area (TPSA) is 409 Å². The highest BCUT2D eigenvalue weighted by Gasteiger charge is 2.71. The monoisotopic (exact) mass is 1370 g/mol. The standard InChI is InChI=1S/C41H64O14.C29H39N5O8/c1-19-36(47)28(42)15-34(50-19)54-38-21(3)52-35(17-30(38)44)55-37-20(2)51-33(16-29(37)43)53-24-8-10-39(4)23(13-24)6-7-26-27(39)14-31(45)40(5)25(9-11-41(26,40)48)22-12-32(46)49-18-22;1-28(2,3)31-11-17(35)32-15-10-16(33(4)5)13-8-12-9-14-21(34(6)7)24(38)20(27(30)41)26(40)29(14,42)25(39)18(12)23(37)19(13)22(15)36/h12,19-21,23-31,33-38,42-45,47-48H,6-11,13-18H2,1-5H3;10,12,14,21,31,36-37,40,42H,8-9,11H2,1-7H3,(H2,30,41)(H,32,35)/t19-,20-,21-,23-,24+,25-,26-,27+,28+,29+,30+,31-,33+,34+,35+,36-,37-,38-,39+,40+,41+;12-,14-,21-,29-/m10/s1. The molecular formula is C70H103N5O22. The number of nitrogens with two attached hydrogens (primary N) is 1. The lowest BCUT2D eigenvalue weighted by Crippen LogP contribution is -2.67. The number of anilines is 2. The highest BCUT2D eigenvalue weighted by Crippen LogP contribution is 2.70. The lowest BCUT2D eigenvalue weighted by Gasteiger charge is -2.65. The number of likely N-dealkylation sites (N-methyl/N-ethyl adjacent to an activating group) is 1. The normalized spacial score (nSPS) is 42.6. The van der Waals surface area contributed by atoms with Crippen LogP contribution in [0.2, 0.25) is 0 Å². The number of nitrogens with zero attached hydrogens (tertiary/aromatic N) is 2. The van der Waals surface area contributed by atoms with Crippen LogP contribution >= 0.6 is 0 Å². The molecule has 7 aliphatic carbocycles. The van der Waals surface area contributed by atoms with E-state index in [1.165, 1.54) is 4.90 Å². The Labute approximate surface area is 565 Å². The summed E-state index contributed by atoms with van der Waals surface area (Å²) in [5.74, 6) is -7.58. The summed E-state index contributed by atoms with van der Waals surface area (Å²) in [7, 11) is 6.58. The van der Waals surface area contributed by atoms with Crippen LogP contribution in [0.1, 0.15) is 144 Å². The fourth-order valence-corrected chi connectivity index (χ4v) is 19.1. The molecule has 1 aromatic carbocycles. The van der Waals surface area contributed by atoms with Gasteiger partial charge in [0.1, 0.15) is 47.8 Å². The summed E-state index contributed by atoms with van der Waals surface area (Å²) in [5.41, 5.74) is 1.22. The van der Waals surface area contributed by atoms with Gasteiger partial charge in [0, 0.05) is 67.6 Å². The Bertz CT molecular complexity index is 3300. The molecule has 0 aromatic heterocycles. The molecule has 0 radical (unpaired) electrons. The number of fused-ring (bicyclic) bond motifs is 8. The highest BCUT2D eigenvalue weighted by atomic mass is 16.7. The second kappa shape index (κ2) is 27.0. The van der Waals surface area contributed by atoms with E-state index in [1.807, 2.05) is 34.6 Å². The lowest BCUT2D eigenvalue weighted by atomic mass is 9.42. The number of cyclic esters (lactones) is 1. The van der Waals surface area contributed by atoms with Crippen molar-refractivity contribution in [2.24, 2.45) is 52.1 Å². The number of rotatable bonds is 13. The van der Waals surface area contributed by atoms with E-state index in [4.69, 9.17) is 38.9 Å². The van der Waals surface area contributed by atoms with Gasteiger partial charge in [0.25, 0.3) is 5.91 Å². The van der Waals surface area contributed by atoms with Gasteiger partial charge in [0.05, 0.1) is 78.3 Å². The summed E-state index contributed by atoms with van der Waals surface area (Å²) in [5, 5.41) is 118. The van der Waals surface area contributed by atoms with Crippen molar-refractivity contribution in [2.75, 3.05) is 51.6 Å². The number of esters is 1. The van der Waals surface area contributed by atoms with Crippen LogP contribution in [0, 0.1) is 46.3 Å². The molecule has 5 saturated carbocycles. The van der Waals surface area contributed by atoms with E-state index in [1.54, 1.807) is 59.1 Å². The summed E-state index contributed by atoms with van der Waals surface area (Å²) in [6.07, 6.45) is -1.40. The maximum Gasteiger partial charge on any atom is 0.331 e. The molecule has 11 aliphatic rings. The van der Waals surface area contributed by atoms with Gasteiger partial charge in [-0.1, -0.05) is 13.8 Å². The smallest absolute Gasteiger partial charge is 0.331 e. The minimum atomic E-state index is -2.73. The number of phenols is 1. The number of aromatic hydroxyl groups is 1. The first-order valence-corrected chi connectivity index (χ1v) is 34.5. The van der Waals surface area contributed by atoms with Crippen molar-refractivity contribution in [3.63, 3.8) is 0 Å². The second-order valence-electron chi connectivity index (χ2n) is 31.5. The van der Waals surface area contributed by atoms with Crippen LogP contribution in [-0.2, 0) is 63.6 Å². The van der Waals surface area contributed by atoms with Crippen molar-refractivity contribution >= 4 is 46.5 Å². The number of nitrogens with one attached hydrogen (secondary N) is 2. The molecule has 25 atom stereocenters. The van der Waals surface area contributed by atoms with E-state index >= 15 is 0 Å². The van der Waals surface area contributed by atoms with E-state index in [0.717, 1.165) is 44.1 Å². The number of ketones is 2. The molecule has 14 N–H and O–H groups in total. The first-order valence-electron chi connectivity index (χ1n) is 34.5. The lowest BCUT2D eigenvalue weighted by molar-refractivity contribution is -0.336. The van der Waals surface area contributed by atoms with Gasteiger partial charge in [0.15, 0.2) is 30.3 Å². The van der Waals surface area contributed by atoms with Gasteiger partial charge in [-0.05, 0) is 172 Å². The van der Waals surface area contributed by atoms with E-state index in [2.05, 4.69) is 17.6 Å². The van der Waals surface area contributed by atoms with Crippen LogP contribution in [0.5, 0.6) is 5.75 Å². The molecule has 0 bridgehead atoms. The molecule has 8 fully saturated rings. The summed E-state index contributed by atoms with van der Waals surface area (Å²) >= 11 is 0. The molecule has 1 aromatic rings. The SMILES string of the molecule is CN(C)c1cc(NC(=O)CNC(C)(C)C)c(O)c2c1C[C@H]1C[C@H]3[C@H](N(C)C)C(=O)C(C(N)=O)=C(O)[C@@]3(O)C(=O)C1=C2O.C[C@H]1O[C@@H](O[C@H]2[C@@H](O)C[C@H](O[C@H]3[C@@H](O)C[C@H](O[C@H]4CC[C@@]5(C)[C@H](CC[C@@H]6[C@@H]5C[C@@H](O)[C@]5(C)[C@@H](C7=CC(=O)OC7)CC[C@]65O)C4)O[C@@H]3C)O[C@@H]2C)C[C@H](O)[C@@H]1O. The number of benzene rings is 1. The van der Waals surface area contributed by atoms with Crippen molar-refractivity contribution in [3.05, 3.63) is 45.7 Å². The zero-order valence-corrected chi connectivity index (χ0v) is 57.7. The summed E-state index contributed by atoms with van der Waals surface area (Å²) < 4.78 is 42.1. The maximum atomic E-state index is 14.0. The Morgan fingerprint density at radius 3 is 1.92 bits per heavy atom. The van der Waals surface area contributed by atoms with Crippen molar-refractivity contribution in [1.82, 2.24) is 10.2 Å². The van der Waals surface area contributed by atoms with Crippen molar-refractivity contribution in [1.29, 1.82) is 0 Å².